The van der Waals surface area contributed by atoms with Gasteiger partial charge in [-0.3, -0.25) is 0 Å². The van der Waals surface area contributed by atoms with E-state index in [1.165, 1.54) is 5.57 Å². The molecule has 0 aromatic heterocycles. The van der Waals surface area contributed by atoms with E-state index in [2.05, 4.69) is 28.9 Å². The maximum atomic E-state index is 4.29. The van der Waals surface area contributed by atoms with Crippen LogP contribution in [0.4, 0.5) is 0 Å². The van der Waals surface area contributed by atoms with Crippen LogP contribution in [0.5, 0.6) is 0 Å². The molecule has 1 unspecified atom stereocenters. The fourth-order valence-corrected chi connectivity index (χ4v) is 1.39. The average molecular weight is 135 g/mol. The van der Waals surface area contributed by atoms with Crippen LogP contribution in [0.2, 0.25) is 0 Å². The summed E-state index contributed by atoms with van der Waals surface area (Å²) in [5.41, 5.74) is 1.42. The van der Waals surface area contributed by atoms with Crippen molar-refractivity contribution in [3.05, 3.63) is 23.8 Å². The molecule has 0 saturated carbocycles. The highest BCUT2D eigenvalue weighted by Crippen LogP contribution is 2.10. The van der Waals surface area contributed by atoms with Crippen molar-refractivity contribution in [2.45, 2.75) is 6.04 Å². The van der Waals surface area contributed by atoms with Crippen molar-refractivity contribution in [1.82, 2.24) is 10.6 Å². The first kappa shape index (κ1) is 6.13. The molecule has 1 N–H and O–H groups in total. The molecule has 2 aliphatic rings. The van der Waals surface area contributed by atoms with Gasteiger partial charge in [0.15, 0.2) is 0 Å². The molecule has 1 atom stereocenters. The van der Waals surface area contributed by atoms with Gasteiger partial charge in [0.1, 0.15) is 0 Å². The summed E-state index contributed by atoms with van der Waals surface area (Å²) < 4.78 is 0. The van der Waals surface area contributed by atoms with E-state index in [0.717, 1.165) is 19.6 Å². The summed E-state index contributed by atoms with van der Waals surface area (Å²) in [5, 5.41) is 7.66. The lowest BCUT2D eigenvalue weighted by molar-refractivity contribution is 0.529. The van der Waals surface area contributed by atoms with E-state index in [-0.39, 0.29) is 0 Å². The van der Waals surface area contributed by atoms with Crippen LogP contribution in [-0.2, 0) is 0 Å². The van der Waals surface area contributed by atoms with Crippen LogP contribution in [0.25, 0.3) is 0 Å². The highest BCUT2D eigenvalue weighted by atomic mass is 15.0. The zero-order chi connectivity index (χ0) is 6.81. The molecule has 0 spiro atoms. The van der Waals surface area contributed by atoms with Gasteiger partial charge in [0.05, 0.1) is 0 Å². The summed E-state index contributed by atoms with van der Waals surface area (Å²) >= 11 is 0. The second-order valence-corrected chi connectivity index (χ2v) is 2.66. The van der Waals surface area contributed by atoms with Crippen LogP contribution in [-0.4, -0.2) is 25.7 Å². The van der Waals surface area contributed by atoms with Gasteiger partial charge in [-0.2, -0.15) is 0 Å². The van der Waals surface area contributed by atoms with Gasteiger partial charge in [-0.15, -0.1) is 0 Å². The lowest BCUT2D eigenvalue weighted by Gasteiger charge is -2.25. The molecule has 2 heteroatoms. The van der Waals surface area contributed by atoms with Gasteiger partial charge in [-0.25, -0.2) is 5.32 Å². The monoisotopic (exact) mass is 135 g/mol. The number of hydrogen-bond acceptors (Lipinski definition) is 1. The first-order valence-electron chi connectivity index (χ1n) is 3.70. The first-order valence-corrected chi connectivity index (χ1v) is 3.70. The summed E-state index contributed by atoms with van der Waals surface area (Å²) in [6.45, 7) is 2.85. The minimum atomic E-state index is 0.513. The number of fused-ring (bicyclic) bond motifs is 1. The van der Waals surface area contributed by atoms with Crippen molar-refractivity contribution >= 4 is 0 Å². The second-order valence-electron chi connectivity index (χ2n) is 2.66. The lowest BCUT2D eigenvalue weighted by Crippen LogP contribution is -2.42. The Morgan fingerprint density at radius 1 is 1.60 bits per heavy atom. The van der Waals surface area contributed by atoms with E-state index >= 15 is 0 Å². The maximum absolute atomic E-state index is 4.29. The highest BCUT2D eigenvalue weighted by Gasteiger charge is 2.16. The van der Waals surface area contributed by atoms with Crippen molar-refractivity contribution in [2.75, 3.05) is 19.6 Å². The summed E-state index contributed by atoms with van der Waals surface area (Å²) in [4.78, 5) is 0. The molecule has 2 aliphatic heterocycles. The molecule has 0 saturated heterocycles. The Labute approximate surface area is 61.0 Å². The third-order valence-corrected chi connectivity index (χ3v) is 1.96. The average Bonchev–Trinajstić information content (AvgIpc) is 2.05. The fourth-order valence-electron chi connectivity index (χ4n) is 1.39. The predicted octanol–water partition coefficient (Wildman–Crippen LogP) is 0.0588. The highest BCUT2D eigenvalue weighted by molar-refractivity contribution is 5.30. The molecule has 0 amide bonds. The van der Waals surface area contributed by atoms with Crippen molar-refractivity contribution < 1.29 is 0 Å². The van der Waals surface area contributed by atoms with E-state index in [9.17, 15) is 0 Å². The Morgan fingerprint density at radius 3 is 3.50 bits per heavy atom. The molecule has 0 bridgehead atoms. The van der Waals surface area contributed by atoms with Gasteiger partial charge in [-0.1, -0.05) is 18.2 Å². The van der Waals surface area contributed by atoms with E-state index in [0.29, 0.717) is 6.04 Å². The Hall–Kier alpha value is -0.600. The van der Waals surface area contributed by atoms with Crippen LogP contribution < -0.4 is 10.6 Å². The predicted molar refractivity (Wildman–Crippen MR) is 40.9 cm³/mol. The molecular formula is C8H11N2. The Balaban J connectivity index is 2.21. The SMILES string of the molecule is C1=CC2=CC[N]CC2NC1. The molecule has 2 rings (SSSR count). The fraction of sp³-hybridized carbons (Fsp3) is 0.500. The third-order valence-electron chi connectivity index (χ3n) is 1.96. The van der Waals surface area contributed by atoms with Crippen LogP contribution in [0, 0.1) is 0 Å². The second kappa shape index (κ2) is 2.56. The standard InChI is InChI=1S/C8H11N2/c1-2-7-3-5-9-6-8(7)10-4-1/h1-3,8,10H,4-6H2. The number of nitrogens with zero attached hydrogens (tertiary/aromatic N) is 1. The van der Waals surface area contributed by atoms with Crippen molar-refractivity contribution in [3.8, 4) is 0 Å². The Morgan fingerprint density at radius 2 is 2.60 bits per heavy atom. The molecule has 1 radical (unpaired) electrons. The smallest absolute Gasteiger partial charge is 0.0463 e. The van der Waals surface area contributed by atoms with E-state index in [1.54, 1.807) is 0 Å². The van der Waals surface area contributed by atoms with Crippen LogP contribution in [0.15, 0.2) is 23.8 Å². The van der Waals surface area contributed by atoms with Crippen molar-refractivity contribution in [3.63, 3.8) is 0 Å². The minimum absolute atomic E-state index is 0.513. The molecule has 0 aromatic rings. The van der Waals surface area contributed by atoms with Crippen molar-refractivity contribution in [1.29, 1.82) is 0 Å². The van der Waals surface area contributed by atoms with E-state index in [4.69, 9.17) is 0 Å². The van der Waals surface area contributed by atoms with Gasteiger partial charge >= 0.3 is 0 Å². The molecular weight excluding hydrogens is 124 g/mol. The molecule has 2 nitrogen and oxygen atoms in total. The van der Waals surface area contributed by atoms with Crippen LogP contribution >= 0.6 is 0 Å². The van der Waals surface area contributed by atoms with Crippen molar-refractivity contribution in [2.24, 2.45) is 0 Å². The quantitative estimate of drug-likeness (QED) is 0.499. The summed E-state index contributed by atoms with van der Waals surface area (Å²) in [7, 11) is 0. The summed E-state index contributed by atoms with van der Waals surface area (Å²) in [6.07, 6.45) is 6.56. The molecule has 2 heterocycles. The zero-order valence-electron chi connectivity index (χ0n) is 5.88. The Bertz CT molecular complexity index is 182. The first-order chi connectivity index (χ1) is 4.97. The Kier molecular flexibility index (Phi) is 1.57. The number of rotatable bonds is 0. The van der Waals surface area contributed by atoms with Crippen LogP contribution in [0.3, 0.4) is 0 Å². The van der Waals surface area contributed by atoms with Gasteiger partial charge in [0.2, 0.25) is 0 Å². The van der Waals surface area contributed by atoms with E-state index in [1.807, 2.05) is 0 Å². The minimum Gasteiger partial charge on any atom is -0.305 e. The maximum Gasteiger partial charge on any atom is 0.0463 e. The van der Waals surface area contributed by atoms with Crippen LogP contribution in [0.1, 0.15) is 0 Å². The molecule has 0 aliphatic carbocycles. The third kappa shape index (κ3) is 1.00. The number of nitrogens with one attached hydrogen (secondary N) is 1. The van der Waals surface area contributed by atoms with E-state index < -0.39 is 0 Å². The molecule has 0 aromatic carbocycles. The summed E-state index contributed by atoms with van der Waals surface area (Å²) in [5.74, 6) is 0. The molecule has 53 valence electrons. The van der Waals surface area contributed by atoms with Gasteiger partial charge in [-0.05, 0) is 5.57 Å². The number of hydrogen-bond donors (Lipinski definition) is 1. The van der Waals surface area contributed by atoms with Gasteiger partial charge in [0.25, 0.3) is 0 Å². The zero-order valence-corrected chi connectivity index (χ0v) is 5.88. The summed E-state index contributed by atoms with van der Waals surface area (Å²) in [6, 6.07) is 0.513. The lowest BCUT2D eigenvalue weighted by atomic mass is 10.0. The molecule has 0 fully saturated rings. The topological polar surface area (TPSA) is 26.1 Å². The van der Waals surface area contributed by atoms with Gasteiger partial charge < -0.3 is 5.32 Å². The molecule has 10 heavy (non-hydrogen) atoms. The largest absolute Gasteiger partial charge is 0.305 e. The normalized spacial score (nSPS) is 31.2. The van der Waals surface area contributed by atoms with Gasteiger partial charge in [0, 0.05) is 25.7 Å².